The van der Waals surface area contributed by atoms with Crippen molar-refractivity contribution in [1.29, 1.82) is 0 Å². The van der Waals surface area contributed by atoms with Gasteiger partial charge in [-0.3, -0.25) is 4.57 Å². The molecule has 114 valence electrons. The van der Waals surface area contributed by atoms with Gasteiger partial charge in [-0.2, -0.15) is 0 Å². The van der Waals surface area contributed by atoms with E-state index < -0.39 is 0 Å². The van der Waals surface area contributed by atoms with E-state index in [1.165, 1.54) is 11.1 Å². The smallest absolute Gasteiger partial charge is 0.212 e. The molecule has 3 aromatic carbocycles. The van der Waals surface area contributed by atoms with Gasteiger partial charge in [-0.1, -0.05) is 60.7 Å². The van der Waals surface area contributed by atoms with Gasteiger partial charge in [0.1, 0.15) is 5.58 Å². The molecule has 0 N–H and O–H groups in total. The zero-order valence-corrected chi connectivity index (χ0v) is 13.0. The summed E-state index contributed by atoms with van der Waals surface area (Å²) >= 11 is 0. The highest BCUT2D eigenvalue weighted by Crippen LogP contribution is 2.32. The Morgan fingerprint density at radius 1 is 0.625 bits per heavy atom. The third-order valence-electron chi connectivity index (χ3n) is 4.45. The van der Waals surface area contributed by atoms with Crippen LogP contribution < -0.4 is 0 Å². The van der Waals surface area contributed by atoms with E-state index in [0.717, 1.165) is 27.8 Å². The van der Waals surface area contributed by atoms with Crippen molar-refractivity contribution in [2.75, 3.05) is 0 Å². The molecule has 2 heterocycles. The molecule has 5 aromatic rings. The van der Waals surface area contributed by atoms with Gasteiger partial charge in [0, 0.05) is 22.7 Å². The summed E-state index contributed by atoms with van der Waals surface area (Å²) in [5, 5.41) is 2.31. The second kappa shape index (κ2) is 5.14. The third kappa shape index (κ3) is 1.97. The Balaban J connectivity index is 1.70. The predicted molar refractivity (Wildman–Crippen MR) is 98.5 cm³/mol. The molecule has 2 aromatic heterocycles. The van der Waals surface area contributed by atoms with E-state index in [2.05, 4.69) is 71.4 Å². The number of rotatable bonds is 2. The molecule has 24 heavy (non-hydrogen) atoms. The van der Waals surface area contributed by atoms with Crippen LogP contribution >= 0.6 is 0 Å². The summed E-state index contributed by atoms with van der Waals surface area (Å²) in [4.78, 5) is 0. The van der Waals surface area contributed by atoms with Gasteiger partial charge < -0.3 is 4.42 Å². The third-order valence-corrected chi connectivity index (χ3v) is 4.45. The Hall–Kier alpha value is -3.26. The molecule has 0 bridgehead atoms. The Kier molecular flexibility index (Phi) is 2.83. The van der Waals surface area contributed by atoms with Crippen molar-refractivity contribution >= 4 is 22.1 Å². The first kappa shape index (κ1) is 13.2. The number of para-hydroxylation sites is 1. The van der Waals surface area contributed by atoms with Gasteiger partial charge in [0.15, 0.2) is 0 Å². The SMILES string of the molecule is c1ccc(-c2cccc(-n3ccc4c5ccccc5oc43)c2)cc1. The average molecular weight is 309 g/mol. The fourth-order valence-corrected chi connectivity index (χ4v) is 3.28. The fourth-order valence-electron chi connectivity index (χ4n) is 3.28. The van der Waals surface area contributed by atoms with Crippen molar-refractivity contribution in [2.45, 2.75) is 0 Å². The van der Waals surface area contributed by atoms with E-state index in [1.54, 1.807) is 0 Å². The lowest BCUT2D eigenvalue weighted by Gasteiger charge is -2.07. The summed E-state index contributed by atoms with van der Waals surface area (Å²) in [5.41, 5.74) is 5.33. The van der Waals surface area contributed by atoms with E-state index in [1.807, 2.05) is 24.3 Å². The van der Waals surface area contributed by atoms with Crippen LogP contribution in [-0.2, 0) is 0 Å². The van der Waals surface area contributed by atoms with Crippen LogP contribution in [0, 0.1) is 0 Å². The summed E-state index contributed by atoms with van der Waals surface area (Å²) in [6, 6.07) is 29.3. The van der Waals surface area contributed by atoms with Crippen LogP contribution in [0.4, 0.5) is 0 Å². The fraction of sp³-hybridized carbons (Fsp3) is 0. The van der Waals surface area contributed by atoms with Gasteiger partial charge in [0.05, 0.1) is 0 Å². The maximum absolute atomic E-state index is 6.09. The van der Waals surface area contributed by atoms with Crippen molar-refractivity contribution in [3.8, 4) is 16.8 Å². The molecule has 2 nitrogen and oxygen atoms in total. The zero-order chi connectivity index (χ0) is 15.9. The summed E-state index contributed by atoms with van der Waals surface area (Å²) in [7, 11) is 0. The van der Waals surface area contributed by atoms with Gasteiger partial charge in [-0.05, 0) is 35.4 Å². The van der Waals surface area contributed by atoms with Crippen LogP contribution in [0.5, 0.6) is 0 Å². The first-order valence-electron chi connectivity index (χ1n) is 8.05. The molecule has 0 aliphatic rings. The lowest BCUT2D eigenvalue weighted by Crippen LogP contribution is -1.91. The minimum atomic E-state index is 0.890. The predicted octanol–water partition coefficient (Wildman–Crippen LogP) is 6.04. The zero-order valence-electron chi connectivity index (χ0n) is 13.0. The topological polar surface area (TPSA) is 18.1 Å². The highest BCUT2D eigenvalue weighted by Gasteiger charge is 2.12. The van der Waals surface area contributed by atoms with Crippen molar-refractivity contribution in [3.05, 3.63) is 91.1 Å². The normalized spacial score (nSPS) is 11.3. The first-order valence-corrected chi connectivity index (χ1v) is 8.05. The Morgan fingerprint density at radius 3 is 2.33 bits per heavy atom. The molecule has 0 atom stereocenters. The van der Waals surface area contributed by atoms with Gasteiger partial charge >= 0.3 is 0 Å². The standard InChI is InChI=1S/C22H15NO/c1-2-7-16(8-3-1)17-9-6-10-18(15-17)23-14-13-20-19-11-4-5-12-21(19)24-22(20)23/h1-15H. The maximum atomic E-state index is 6.09. The molecule has 0 saturated heterocycles. The maximum Gasteiger partial charge on any atom is 0.212 e. The lowest BCUT2D eigenvalue weighted by atomic mass is 10.1. The second-order valence-corrected chi connectivity index (χ2v) is 5.92. The van der Waals surface area contributed by atoms with Crippen LogP contribution in [-0.4, -0.2) is 4.57 Å². The largest absolute Gasteiger partial charge is 0.439 e. The number of furan rings is 1. The van der Waals surface area contributed by atoms with Gasteiger partial charge in [-0.25, -0.2) is 0 Å². The molecule has 0 fully saturated rings. The molecular weight excluding hydrogens is 294 g/mol. The molecule has 0 aliphatic heterocycles. The molecule has 5 rings (SSSR count). The highest BCUT2D eigenvalue weighted by atomic mass is 16.3. The van der Waals surface area contributed by atoms with Crippen LogP contribution in [0.1, 0.15) is 0 Å². The minimum Gasteiger partial charge on any atom is -0.439 e. The quantitative estimate of drug-likeness (QED) is 0.388. The van der Waals surface area contributed by atoms with Gasteiger partial charge in [-0.15, -0.1) is 0 Å². The summed E-state index contributed by atoms with van der Waals surface area (Å²) < 4.78 is 8.20. The molecule has 0 aliphatic carbocycles. The van der Waals surface area contributed by atoms with Crippen LogP contribution in [0.15, 0.2) is 95.5 Å². The van der Waals surface area contributed by atoms with Crippen LogP contribution in [0.25, 0.3) is 38.9 Å². The Bertz CT molecular complexity index is 1150. The van der Waals surface area contributed by atoms with Crippen LogP contribution in [0.3, 0.4) is 0 Å². The van der Waals surface area contributed by atoms with Crippen molar-refractivity contribution in [2.24, 2.45) is 0 Å². The summed E-state index contributed by atoms with van der Waals surface area (Å²) in [5.74, 6) is 0. The number of aromatic nitrogens is 1. The second-order valence-electron chi connectivity index (χ2n) is 5.92. The lowest BCUT2D eigenvalue weighted by molar-refractivity contribution is 0.643. The van der Waals surface area contributed by atoms with Gasteiger partial charge in [0.25, 0.3) is 0 Å². The monoisotopic (exact) mass is 309 g/mol. The molecule has 2 heteroatoms. The average Bonchev–Trinajstić information content (AvgIpc) is 3.22. The molecule has 0 radical (unpaired) electrons. The molecule has 0 saturated carbocycles. The van der Waals surface area contributed by atoms with Crippen molar-refractivity contribution < 1.29 is 4.42 Å². The number of nitrogens with zero attached hydrogens (tertiary/aromatic N) is 1. The van der Waals surface area contributed by atoms with E-state index in [9.17, 15) is 0 Å². The highest BCUT2D eigenvalue weighted by molar-refractivity contribution is 6.04. The molecule has 0 unspecified atom stereocenters. The van der Waals surface area contributed by atoms with Crippen LogP contribution in [0.2, 0.25) is 0 Å². The number of benzene rings is 3. The summed E-state index contributed by atoms with van der Waals surface area (Å²) in [6.45, 7) is 0. The first-order chi connectivity index (χ1) is 11.9. The molecule has 0 amide bonds. The van der Waals surface area contributed by atoms with Crippen molar-refractivity contribution in [1.82, 2.24) is 4.57 Å². The number of hydrogen-bond acceptors (Lipinski definition) is 1. The Morgan fingerprint density at radius 2 is 1.42 bits per heavy atom. The van der Waals surface area contributed by atoms with E-state index >= 15 is 0 Å². The Labute approximate surface area is 139 Å². The number of hydrogen-bond donors (Lipinski definition) is 0. The number of fused-ring (bicyclic) bond motifs is 3. The van der Waals surface area contributed by atoms with E-state index in [0.29, 0.717) is 0 Å². The minimum absolute atomic E-state index is 0.890. The molecule has 0 spiro atoms. The summed E-state index contributed by atoms with van der Waals surface area (Å²) in [6.07, 6.45) is 2.07. The van der Waals surface area contributed by atoms with Crippen molar-refractivity contribution in [3.63, 3.8) is 0 Å². The molecular formula is C22H15NO. The van der Waals surface area contributed by atoms with Gasteiger partial charge in [0.2, 0.25) is 5.71 Å². The van der Waals surface area contributed by atoms with E-state index in [4.69, 9.17) is 4.42 Å². The van der Waals surface area contributed by atoms with E-state index in [-0.39, 0.29) is 0 Å².